The molecule has 6 heteroatoms. The molecule has 1 aliphatic heterocycles. The maximum Gasteiger partial charge on any atom is 0.191 e. The molecule has 124 valence electrons. The first-order valence-electron chi connectivity index (χ1n) is 7.86. The molecule has 1 saturated heterocycles. The van der Waals surface area contributed by atoms with Gasteiger partial charge in [0, 0.05) is 45.9 Å². The van der Waals surface area contributed by atoms with E-state index in [1.807, 2.05) is 0 Å². The fraction of sp³-hybridized carbons (Fsp3) is 0.933. The third kappa shape index (κ3) is 6.63. The molecule has 1 aliphatic rings. The summed E-state index contributed by atoms with van der Waals surface area (Å²) in [6.07, 6.45) is 0. The van der Waals surface area contributed by atoms with Crippen LogP contribution in [-0.2, 0) is 9.47 Å². The lowest BCUT2D eigenvalue weighted by Gasteiger charge is -2.37. The lowest BCUT2D eigenvalue weighted by molar-refractivity contribution is 0.00750. The Kier molecular flexibility index (Phi) is 8.64. The average Bonchev–Trinajstić information content (AvgIpc) is 2.47. The van der Waals surface area contributed by atoms with E-state index in [-0.39, 0.29) is 6.04 Å². The van der Waals surface area contributed by atoms with E-state index in [2.05, 4.69) is 41.3 Å². The Hall–Kier alpha value is -0.850. The van der Waals surface area contributed by atoms with Gasteiger partial charge in [0.1, 0.15) is 0 Å². The zero-order valence-corrected chi connectivity index (χ0v) is 14.2. The first-order chi connectivity index (χ1) is 10.1. The van der Waals surface area contributed by atoms with Gasteiger partial charge in [-0.15, -0.1) is 0 Å². The molecule has 0 radical (unpaired) electrons. The summed E-state index contributed by atoms with van der Waals surface area (Å²) >= 11 is 0. The van der Waals surface area contributed by atoms with E-state index < -0.39 is 0 Å². The van der Waals surface area contributed by atoms with Crippen molar-refractivity contribution in [1.82, 2.24) is 15.5 Å². The van der Waals surface area contributed by atoms with Crippen LogP contribution in [-0.4, -0.2) is 76.6 Å². The quantitative estimate of drug-likeness (QED) is 0.531. The molecule has 1 fully saturated rings. The SMILES string of the molecule is CN=C(NCC(C(C)C)N1CCOCC1)NC(C)COC. The molecular weight excluding hydrogens is 268 g/mol. The highest BCUT2D eigenvalue weighted by molar-refractivity contribution is 5.79. The molecule has 21 heavy (non-hydrogen) atoms. The highest BCUT2D eigenvalue weighted by atomic mass is 16.5. The number of rotatable bonds is 7. The van der Waals surface area contributed by atoms with Crippen LogP contribution in [0.1, 0.15) is 20.8 Å². The fourth-order valence-electron chi connectivity index (χ4n) is 2.62. The third-order valence-electron chi connectivity index (χ3n) is 3.79. The Balaban J connectivity index is 2.47. The van der Waals surface area contributed by atoms with Crippen molar-refractivity contribution in [2.45, 2.75) is 32.9 Å². The molecule has 2 N–H and O–H groups in total. The maximum absolute atomic E-state index is 5.44. The summed E-state index contributed by atoms with van der Waals surface area (Å²) in [5.41, 5.74) is 0. The van der Waals surface area contributed by atoms with Gasteiger partial charge in [0.2, 0.25) is 0 Å². The largest absolute Gasteiger partial charge is 0.383 e. The van der Waals surface area contributed by atoms with Gasteiger partial charge >= 0.3 is 0 Å². The van der Waals surface area contributed by atoms with E-state index in [4.69, 9.17) is 9.47 Å². The van der Waals surface area contributed by atoms with Crippen molar-refractivity contribution < 1.29 is 9.47 Å². The monoisotopic (exact) mass is 300 g/mol. The summed E-state index contributed by atoms with van der Waals surface area (Å²) in [5.74, 6) is 1.42. The number of nitrogens with zero attached hydrogens (tertiary/aromatic N) is 2. The molecule has 1 rings (SSSR count). The predicted octanol–water partition coefficient (Wildman–Crippen LogP) is 0.543. The molecule has 0 aromatic rings. The second-order valence-corrected chi connectivity index (χ2v) is 5.91. The van der Waals surface area contributed by atoms with Gasteiger partial charge in [-0.05, 0) is 12.8 Å². The van der Waals surface area contributed by atoms with Crippen molar-refractivity contribution >= 4 is 5.96 Å². The minimum Gasteiger partial charge on any atom is -0.383 e. The lowest BCUT2D eigenvalue weighted by Crippen LogP contribution is -2.53. The lowest BCUT2D eigenvalue weighted by atomic mass is 10.0. The number of methoxy groups -OCH3 is 1. The third-order valence-corrected chi connectivity index (χ3v) is 3.79. The van der Waals surface area contributed by atoms with E-state index in [9.17, 15) is 0 Å². The van der Waals surface area contributed by atoms with Crippen molar-refractivity contribution in [3.05, 3.63) is 0 Å². The molecular formula is C15H32N4O2. The van der Waals surface area contributed by atoms with Crippen LogP contribution in [0.2, 0.25) is 0 Å². The second-order valence-electron chi connectivity index (χ2n) is 5.91. The van der Waals surface area contributed by atoms with E-state index >= 15 is 0 Å². The van der Waals surface area contributed by atoms with E-state index in [0.717, 1.165) is 38.8 Å². The van der Waals surface area contributed by atoms with Crippen molar-refractivity contribution in [3.63, 3.8) is 0 Å². The van der Waals surface area contributed by atoms with Crippen LogP contribution < -0.4 is 10.6 Å². The molecule has 0 bridgehead atoms. The average molecular weight is 300 g/mol. The topological polar surface area (TPSA) is 58.1 Å². The summed E-state index contributed by atoms with van der Waals surface area (Å²) in [4.78, 5) is 6.79. The molecule has 0 spiro atoms. The van der Waals surface area contributed by atoms with E-state index in [1.54, 1.807) is 14.2 Å². The van der Waals surface area contributed by atoms with Gasteiger partial charge in [0.05, 0.1) is 19.8 Å². The van der Waals surface area contributed by atoms with Crippen LogP contribution in [0, 0.1) is 5.92 Å². The van der Waals surface area contributed by atoms with Gasteiger partial charge in [-0.3, -0.25) is 9.89 Å². The molecule has 0 aromatic carbocycles. The van der Waals surface area contributed by atoms with Gasteiger partial charge in [0.15, 0.2) is 5.96 Å². The van der Waals surface area contributed by atoms with Crippen molar-refractivity contribution in [2.24, 2.45) is 10.9 Å². The number of ether oxygens (including phenoxy) is 2. The Bertz CT molecular complexity index is 304. The molecule has 1 heterocycles. The highest BCUT2D eigenvalue weighted by Gasteiger charge is 2.23. The van der Waals surface area contributed by atoms with Crippen LogP contribution in [0.3, 0.4) is 0 Å². The van der Waals surface area contributed by atoms with Crippen LogP contribution in [0.25, 0.3) is 0 Å². The Morgan fingerprint density at radius 3 is 2.48 bits per heavy atom. The Labute approximate surface area is 129 Å². The number of morpholine rings is 1. The molecule has 0 aromatic heterocycles. The first kappa shape index (κ1) is 18.2. The zero-order valence-electron chi connectivity index (χ0n) is 14.2. The normalized spacial score (nSPS) is 20.4. The molecule has 2 unspecified atom stereocenters. The highest BCUT2D eigenvalue weighted by Crippen LogP contribution is 2.12. The van der Waals surface area contributed by atoms with Gasteiger partial charge in [-0.2, -0.15) is 0 Å². The predicted molar refractivity (Wildman–Crippen MR) is 86.9 cm³/mol. The van der Waals surface area contributed by atoms with Crippen LogP contribution in [0.4, 0.5) is 0 Å². The van der Waals surface area contributed by atoms with Crippen molar-refractivity contribution in [1.29, 1.82) is 0 Å². The second kappa shape index (κ2) is 9.97. The minimum atomic E-state index is 0.238. The van der Waals surface area contributed by atoms with Gasteiger partial charge < -0.3 is 20.1 Å². The first-order valence-corrected chi connectivity index (χ1v) is 7.86. The molecule has 2 atom stereocenters. The molecule has 0 saturated carbocycles. The molecule has 6 nitrogen and oxygen atoms in total. The summed E-state index contributed by atoms with van der Waals surface area (Å²) in [7, 11) is 3.51. The molecule has 0 aliphatic carbocycles. The van der Waals surface area contributed by atoms with Gasteiger partial charge in [-0.1, -0.05) is 13.8 Å². The Morgan fingerprint density at radius 2 is 1.95 bits per heavy atom. The maximum atomic E-state index is 5.44. The van der Waals surface area contributed by atoms with Crippen LogP contribution >= 0.6 is 0 Å². The number of hydrogen-bond acceptors (Lipinski definition) is 4. The van der Waals surface area contributed by atoms with Gasteiger partial charge in [-0.25, -0.2) is 0 Å². The van der Waals surface area contributed by atoms with Crippen LogP contribution in [0.15, 0.2) is 4.99 Å². The minimum absolute atomic E-state index is 0.238. The summed E-state index contributed by atoms with van der Waals surface area (Å²) in [5, 5.41) is 6.77. The summed E-state index contributed by atoms with van der Waals surface area (Å²) < 4.78 is 10.6. The van der Waals surface area contributed by atoms with E-state index in [1.165, 1.54) is 0 Å². The molecule has 0 amide bonds. The van der Waals surface area contributed by atoms with Gasteiger partial charge in [0.25, 0.3) is 0 Å². The van der Waals surface area contributed by atoms with Crippen molar-refractivity contribution in [3.8, 4) is 0 Å². The Morgan fingerprint density at radius 1 is 1.29 bits per heavy atom. The number of aliphatic imine (C=N–C) groups is 1. The van der Waals surface area contributed by atoms with E-state index in [0.29, 0.717) is 18.6 Å². The number of hydrogen-bond donors (Lipinski definition) is 2. The number of nitrogens with one attached hydrogen (secondary N) is 2. The summed E-state index contributed by atoms with van der Waals surface area (Å²) in [6, 6.07) is 0.729. The summed E-state index contributed by atoms with van der Waals surface area (Å²) in [6.45, 7) is 11.9. The van der Waals surface area contributed by atoms with Crippen molar-refractivity contribution in [2.75, 3.05) is 53.6 Å². The zero-order chi connectivity index (χ0) is 15.7. The van der Waals surface area contributed by atoms with Crippen LogP contribution in [0.5, 0.6) is 0 Å². The standard InChI is InChI=1S/C15H32N4O2/c1-12(2)14(19-6-8-21-9-7-19)10-17-15(16-4)18-13(3)11-20-5/h12-14H,6-11H2,1-5H3,(H2,16,17,18). The number of guanidine groups is 1. The fourth-order valence-corrected chi connectivity index (χ4v) is 2.62. The smallest absolute Gasteiger partial charge is 0.191 e.